The van der Waals surface area contributed by atoms with Crippen molar-refractivity contribution in [3.8, 4) is 0 Å². The van der Waals surface area contributed by atoms with Gasteiger partial charge in [-0.15, -0.1) is 11.3 Å². The van der Waals surface area contributed by atoms with Gasteiger partial charge in [0.1, 0.15) is 22.9 Å². The predicted molar refractivity (Wildman–Crippen MR) is 119 cm³/mol. The van der Waals surface area contributed by atoms with Gasteiger partial charge in [0.25, 0.3) is 0 Å². The topological polar surface area (TPSA) is 140 Å². The van der Waals surface area contributed by atoms with Gasteiger partial charge in [-0.3, -0.25) is 15.1 Å². The molecule has 1 amide bonds. The van der Waals surface area contributed by atoms with E-state index in [1.165, 1.54) is 11.3 Å². The number of nitrogens with one attached hydrogen (secondary N) is 1. The summed E-state index contributed by atoms with van der Waals surface area (Å²) in [5, 5.41) is 33.7. The molecule has 3 aliphatic rings. The maximum atomic E-state index is 13.3. The summed E-state index contributed by atoms with van der Waals surface area (Å²) in [6.45, 7) is 2.01. The number of aliphatic hydroxyl groups excluding tert-OH is 3. The molecule has 1 aromatic heterocycles. The van der Waals surface area contributed by atoms with Crippen molar-refractivity contribution in [1.29, 1.82) is 0 Å². The number of rotatable bonds is 3. The summed E-state index contributed by atoms with van der Waals surface area (Å²) in [4.78, 5) is 29.1. The molecule has 2 aliphatic heterocycles. The van der Waals surface area contributed by atoms with Gasteiger partial charge in [-0.2, -0.15) is 4.99 Å². The highest BCUT2D eigenvalue weighted by Gasteiger charge is 2.43. The summed E-state index contributed by atoms with van der Waals surface area (Å²) in [5.74, 6) is -0.925. The molecule has 1 saturated carbocycles. The zero-order chi connectivity index (χ0) is 22.2. The van der Waals surface area contributed by atoms with Gasteiger partial charge in [0.05, 0.1) is 35.6 Å². The number of carbonyl (C=O) groups excluding carboxylic acids is 1. The third kappa shape index (κ3) is 3.90. The summed E-state index contributed by atoms with van der Waals surface area (Å²) in [5.41, 5.74) is 0.791. The molecule has 5 rings (SSSR count). The smallest absolute Gasteiger partial charge is 0.244 e. The lowest BCUT2D eigenvalue weighted by Gasteiger charge is -2.33. The minimum Gasteiger partial charge on any atom is -0.396 e. The molecule has 1 saturated heterocycles. The van der Waals surface area contributed by atoms with Gasteiger partial charge >= 0.3 is 0 Å². The van der Waals surface area contributed by atoms with E-state index in [1.807, 2.05) is 29.2 Å². The number of morpholine rings is 1. The van der Waals surface area contributed by atoms with E-state index in [2.05, 4.69) is 20.3 Å². The molecule has 32 heavy (non-hydrogen) atoms. The average molecular weight is 460 g/mol. The molecule has 5 atom stereocenters. The number of amides is 1. The Morgan fingerprint density at radius 1 is 1.22 bits per heavy atom. The van der Waals surface area contributed by atoms with Crippen LogP contribution in [0.4, 0.5) is 0 Å². The fourth-order valence-corrected chi connectivity index (χ4v) is 5.41. The molecule has 2 aromatic rings. The Hall–Kier alpha value is -2.44. The van der Waals surface area contributed by atoms with Crippen molar-refractivity contribution in [2.24, 2.45) is 15.9 Å². The molecule has 0 bridgehead atoms. The number of fused-ring (bicyclic) bond motifs is 1. The second-order valence-corrected chi connectivity index (χ2v) is 9.25. The molecule has 1 unspecified atom stereocenters. The highest BCUT2D eigenvalue weighted by atomic mass is 32.1. The van der Waals surface area contributed by atoms with Crippen molar-refractivity contribution >= 4 is 39.3 Å². The molecular formula is C21H25N5O5S. The molecule has 170 valence electrons. The number of aromatic nitrogens is 1. The normalized spacial score (nSPS) is 32.4. The van der Waals surface area contributed by atoms with Crippen molar-refractivity contribution in [2.45, 2.75) is 30.6 Å². The first-order chi connectivity index (χ1) is 15.5. The predicted octanol–water partition coefficient (Wildman–Crippen LogP) is -0.301. The van der Waals surface area contributed by atoms with Crippen LogP contribution in [0.25, 0.3) is 10.2 Å². The van der Waals surface area contributed by atoms with Crippen LogP contribution in [0.15, 0.2) is 34.3 Å². The van der Waals surface area contributed by atoms with Crippen molar-refractivity contribution in [2.75, 3.05) is 32.9 Å². The zero-order valence-electron chi connectivity index (χ0n) is 17.3. The highest BCUT2D eigenvalue weighted by Crippen LogP contribution is 2.33. The van der Waals surface area contributed by atoms with Gasteiger partial charge in [-0.25, -0.2) is 4.98 Å². The van der Waals surface area contributed by atoms with Crippen LogP contribution < -0.4 is 5.32 Å². The fraction of sp³-hybridized carbons (Fsp3) is 0.524. The van der Waals surface area contributed by atoms with Gasteiger partial charge in [0, 0.05) is 25.6 Å². The zero-order valence-corrected chi connectivity index (χ0v) is 18.1. The molecule has 4 N–H and O–H groups in total. The summed E-state index contributed by atoms with van der Waals surface area (Å²) in [6, 6.07) is 6.97. The van der Waals surface area contributed by atoms with Crippen molar-refractivity contribution in [3.05, 3.63) is 29.3 Å². The minimum absolute atomic E-state index is 0.246. The maximum Gasteiger partial charge on any atom is 0.244 e. The lowest BCUT2D eigenvalue weighted by Crippen LogP contribution is -2.53. The van der Waals surface area contributed by atoms with Gasteiger partial charge < -0.3 is 25.0 Å². The van der Waals surface area contributed by atoms with Gasteiger partial charge in [0.2, 0.25) is 11.9 Å². The van der Waals surface area contributed by atoms with Crippen LogP contribution in [0, 0.1) is 5.92 Å². The van der Waals surface area contributed by atoms with Crippen molar-refractivity contribution in [1.82, 2.24) is 15.2 Å². The number of para-hydroxylation sites is 1. The standard InChI is InChI=1S/C21H25N5O5S/c27-10-11-9-13(17(29)16(11)28)22-18-15(20-23-12-3-1-2-4-14(12)32-20)19(30)25-21(24-18)26-5-7-31-8-6-26/h1-4,11,13,15-17,27-29H,5-10H2,(H,22,24,25,30)/t11-,13-,15?,16-,17+/m1/s1. The fourth-order valence-electron chi connectivity index (χ4n) is 4.34. The van der Waals surface area contributed by atoms with Crippen molar-refractivity contribution < 1.29 is 24.9 Å². The number of aliphatic hydroxyl groups is 3. The van der Waals surface area contributed by atoms with Crippen LogP contribution in [0.3, 0.4) is 0 Å². The van der Waals surface area contributed by atoms with E-state index in [0.29, 0.717) is 43.7 Å². The van der Waals surface area contributed by atoms with Gasteiger partial charge in [-0.05, 0) is 18.6 Å². The molecule has 11 heteroatoms. The number of ether oxygens (including phenoxy) is 1. The molecule has 1 aromatic carbocycles. The van der Waals surface area contributed by atoms with Crippen LogP contribution in [-0.4, -0.2) is 94.1 Å². The largest absolute Gasteiger partial charge is 0.396 e. The summed E-state index contributed by atoms with van der Waals surface area (Å²) in [7, 11) is 0. The first kappa shape index (κ1) is 21.4. The molecular weight excluding hydrogens is 434 g/mol. The van der Waals surface area contributed by atoms with Crippen molar-refractivity contribution in [3.63, 3.8) is 0 Å². The lowest BCUT2D eigenvalue weighted by atomic mass is 10.1. The van der Waals surface area contributed by atoms with E-state index in [0.717, 1.165) is 10.2 Å². The number of thiazole rings is 1. The summed E-state index contributed by atoms with van der Waals surface area (Å²) < 4.78 is 6.35. The molecule has 0 radical (unpaired) electrons. The second-order valence-electron chi connectivity index (χ2n) is 8.19. The van der Waals surface area contributed by atoms with Crippen LogP contribution in [0.2, 0.25) is 0 Å². The number of amidine groups is 1. The van der Waals surface area contributed by atoms with E-state index in [1.54, 1.807) is 0 Å². The van der Waals surface area contributed by atoms with Crippen LogP contribution in [-0.2, 0) is 9.53 Å². The van der Waals surface area contributed by atoms with E-state index in [-0.39, 0.29) is 18.3 Å². The molecule has 3 heterocycles. The maximum absolute atomic E-state index is 13.3. The van der Waals surface area contributed by atoms with E-state index < -0.39 is 30.1 Å². The monoisotopic (exact) mass is 459 g/mol. The SMILES string of the molecule is O=C1NC(N2CCOCC2)=NC(=N[C@@H]2C[C@H](CO)[C@@H](O)[C@H]2O)C1c1nc2ccccc2s1. The first-order valence-electron chi connectivity index (χ1n) is 10.7. The highest BCUT2D eigenvalue weighted by molar-refractivity contribution is 7.18. The Morgan fingerprint density at radius 3 is 2.72 bits per heavy atom. The lowest BCUT2D eigenvalue weighted by molar-refractivity contribution is -0.120. The molecule has 1 aliphatic carbocycles. The number of benzene rings is 1. The third-order valence-corrected chi connectivity index (χ3v) is 7.25. The minimum atomic E-state index is -1.14. The van der Waals surface area contributed by atoms with Gasteiger partial charge in [-0.1, -0.05) is 12.1 Å². The van der Waals surface area contributed by atoms with Crippen LogP contribution in [0.5, 0.6) is 0 Å². The van der Waals surface area contributed by atoms with E-state index in [4.69, 9.17) is 4.74 Å². The Morgan fingerprint density at radius 2 is 2.00 bits per heavy atom. The number of carbonyl (C=O) groups is 1. The number of nitrogens with zero attached hydrogens (tertiary/aromatic N) is 4. The Bertz CT molecular complexity index is 1030. The Balaban J connectivity index is 1.55. The summed E-state index contributed by atoms with van der Waals surface area (Å²) in [6.07, 6.45) is -1.91. The quantitative estimate of drug-likeness (QED) is 0.494. The average Bonchev–Trinajstić information content (AvgIpc) is 3.35. The molecule has 2 fully saturated rings. The number of aliphatic imine (C=N–C) groups is 2. The van der Waals surface area contributed by atoms with Gasteiger partial charge in [0.15, 0.2) is 0 Å². The Kier molecular flexibility index (Phi) is 5.91. The second kappa shape index (κ2) is 8.83. The van der Waals surface area contributed by atoms with Crippen LogP contribution >= 0.6 is 11.3 Å². The molecule has 10 nitrogen and oxygen atoms in total. The molecule has 0 spiro atoms. The number of hydrogen-bond acceptors (Lipinski definition) is 9. The van der Waals surface area contributed by atoms with Crippen LogP contribution in [0.1, 0.15) is 17.3 Å². The number of hydrogen-bond donors (Lipinski definition) is 4. The van der Waals surface area contributed by atoms with E-state index >= 15 is 0 Å². The summed E-state index contributed by atoms with van der Waals surface area (Å²) >= 11 is 1.40. The first-order valence-corrected chi connectivity index (χ1v) is 11.5. The Labute approximate surface area is 188 Å². The third-order valence-electron chi connectivity index (χ3n) is 6.15. The van der Waals surface area contributed by atoms with E-state index in [9.17, 15) is 20.1 Å². The number of guanidine groups is 1.